The number of nitrogens with zero attached hydrogens (tertiary/aromatic N) is 1. The summed E-state index contributed by atoms with van der Waals surface area (Å²) in [5.41, 5.74) is 0.341. The van der Waals surface area contributed by atoms with Gasteiger partial charge >= 0.3 is 5.97 Å². The molecule has 0 saturated heterocycles. The van der Waals surface area contributed by atoms with E-state index in [0.29, 0.717) is 25.1 Å². The highest BCUT2D eigenvalue weighted by Crippen LogP contribution is 2.02. The van der Waals surface area contributed by atoms with Crippen molar-refractivity contribution in [2.75, 3.05) is 6.54 Å². The van der Waals surface area contributed by atoms with Crippen molar-refractivity contribution < 1.29 is 14.7 Å². The fourth-order valence-corrected chi connectivity index (χ4v) is 1.39. The molecule has 0 bridgehead atoms. The monoisotopic (exact) mass is 234 g/mol. The third-order valence-electron chi connectivity index (χ3n) is 2.15. The van der Waals surface area contributed by atoms with Gasteiger partial charge < -0.3 is 15.0 Å². The van der Waals surface area contributed by atoms with Crippen LogP contribution in [0, 0.1) is 12.3 Å². The van der Waals surface area contributed by atoms with Crippen LogP contribution in [0.3, 0.4) is 0 Å². The Labute approximate surface area is 99.4 Å². The van der Waals surface area contributed by atoms with Crippen LogP contribution in [0.5, 0.6) is 0 Å². The second kappa shape index (κ2) is 6.38. The normalized spacial score (nSPS) is 9.59. The van der Waals surface area contributed by atoms with Crippen LogP contribution in [0.1, 0.15) is 23.3 Å². The molecule has 0 spiro atoms. The summed E-state index contributed by atoms with van der Waals surface area (Å²) in [6.07, 6.45) is 7.96. The predicted molar refractivity (Wildman–Crippen MR) is 62.5 cm³/mol. The molecule has 0 aromatic carbocycles. The number of carbonyl (C=O) groups is 2. The predicted octanol–water partition coefficient (Wildman–Crippen LogP) is 0.716. The fraction of sp³-hybridized carbons (Fsp3) is 0.333. The third-order valence-corrected chi connectivity index (χ3v) is 2.15. The van der Waals surface area contributed by atoms with E-state index in [1.165, 1.54) is 4.57 Å². The van der Waals surface area contributed by atoms with Gasteiger partial charge in [-0.25, -0.2) is 0 Å². The average Bonchev–Trinajstić information content (AvgIpc) is 2.71. The number of terminal acetylenes is 1. The van der Waals surface area contributed by atoms with Crippen LogP contribution in [0.15, 0.2) is 18.3 Å². The Morgan fingerprint density at radius 1 is 1.53 bits per heavy atom. The minimum Gasteiger partial charge on any atom is -0.480 e. The number of carboxylic acids is 1. The average molecular weight is 234 g/mol. The summed E-state index contributed by atoms with van der Waals surface area (Å²) in [7, 11) is 0. The number of hydrogen-bond donors (Lipinski definition) is 2. The van der Waals surface area contributed by atoms with Crippen LogP contribution in [0.4, 0.5) is 0 Å². The number of aliphatic carboxylic acids is 1. The number of unbranched alkanes of at least 4 members (excludes halogenated alkanes) is 1. The standard InChI is InChI=1S/C12H14N2O3/c1-2-3-4-7-13-12(17)10-6-5-8-14(10)9-11(15)16/h1,5-6,8H,3-4,7,9H2,(H,13,17)(H,15,16). The minimum atomic E-state index is -0.984. The highest BCUT2D eigenvalue weighted by atomic mass is 16.4. The first-order valence-corrected chi connectivity index (χ1v) is 5.23. The Balaban J connectivity index is 2.54. The Kier molecular flexibility index (Phi) is 4.82. The van der Waals surface area contributed by atoms with E-state index in [2.05, 4.69) is 11.2 Å². The first-order valence-electron chi connectivity index (χ1n) is 5.23. The summed E-state index contributed by atoms with van der Waals surface area (Å²) in [5.74, 6) is 1.21. The first kappa shape index (κ1) is 12.8. The Hall–Kier alpha value is -2.22. The maximum absolute atomic E-state index is 11.7. The molecule has 2 N–H and O–H groups in total. The van der Waals surface area contributed by atoms with Gasteiger partial charge in [0.25, 0.3) is 5.91 Å². The Morgan fingerprint density at radius 2 is 2.29 bits per heavy atom. The molecule has 0 saturated carbocycles. The maximum atomic E-state index is 11.7. The van der Waals surface area contributed by atoms with Gasteiger partial charge in [-0.2, -0.15) is 0 Å². The number of rotatable bonds is 6. The molecule has 90 valence electrons. The van der Waals surface area contributed by atoms with Gasteiger partial charge in [-0.15, -0.1) is 12.3 Å². The van der Waals surface area contributed by atoms with Crippen molar-refractivity contribution in [2.24, 2.45) is 0 Å². The second-order valence-corrected chi connectivity index (χ2v) is 3.48. The van der Waals surface area contributed by atoms with E-state index in [1.807, 2.05) is 0 Å². The zero-order valence-corrected chi connectivity index (χ0v) is 9.35. The summed E-state index contributed by atoms with van der Waals surface area (Å²) in [5, 5.41) is 11.3. The molecule has 0 fully saturated rings. The highest BCUT2D eigenvalue weighted by molar-refractivity contribution is 5.93. The van der Waals surface area contributed by atoms with Gasteiger partial charge in [0.1, 0.15) is 12.2 Å². The number of nitrogens with one attached hydrogen (secondary N) is 1. The summed E-state index contributed by atoms with van der Waals surface area (Å²) in [6.45, 7) is 0.265. The number of carbonyl (C=O) groups excluding carboxylic acids is 1. The molecule has 1 rings (SSSR count). The van der Waals surface area contributed by atoms with E-state index in [0.717, 1.165) is 0 Å². The Bertz CT molecular complexity index is 443. The van der Waals surface area contributed by atoms with Gasteiger partial charge in [0.05, 0.1) is 0 Å². The molecular weight excluding hydrogens is 220 g/mol. The summed E-state index contributed by atoms with van der Waals surface area (Å²) < 4.78 is 1.39. The molecule has 1 amide bonds. The molecule has 0 aliphatic carbocycles. The van der Waals surface area contributed by atoms with Crippen molar-refractivity contribution in [3.63, 3.8) is 0 Å². The lowest BCUT2D eigenvalue weighted by Gasteiger charge is -2.07. The lowest BCUT2D eigenvalue weighted by molar-refractivity contribution is -0.137. The second-order valence-electron chi connectivity index (χ2n) is 3.48. The van der Waals surface area contributed by atoms with E-state index in [1.54, 1.807) is 18.3 Å². The summed E-state index contributed by atoms with van der Waals surface area (Å²) >= 11 is 0. The van der Waals surface area contributed by atoms with Crippen molar-refractivity contribution >= 4 is 11.9 Å². The molecule has 0 unspecified atom stereocenters. The highest BCUT2D eigenvalue weighted by Gasteiger charge is 2.11. The lowest BCUT2D eigenvalue weighted by atomic mass is 10.3. The molecule has 0 radical (unpaired) electrons. The van der Waals surface area contributed by atoms with E-state index in [9.17, 15) is 9.59 Å². The summed E-state index contributed by atoms with van der Waals surface area (Å²) in [4.78, 5) is 22.3. The van der Waals surface area contributed by atoms with E-state index in [4.69, 9.17) is 11.5 Å². The van der Waals surface area contributed by atoms with E-state index >= 15 is 0 Å². The first-order chi connectivity index (χ1) is 8.15. The SMILES string of the molecule is C#CCCCNC(=O)c1cccn1CC(=O)O. The quantitative estimate of drug-likeness (QED) is 0.562. The van der Waals surface area contributed by atoms with Crippen LogP contribution < -0.4 is 5.32 Å². The molecule has 17 heavy (non-hydrogen) atoms. The topological polar surface area (TPSA) is 71.3 Å². The number of amides is 1. The number of carboxylic acid groups (broad SMARTS) is 1. The third kappa shape index (κ3) is 4.03. The van der Waals surface area contributed by atoms with Crippen molar-refractivity contribution in [3.8, 4) is 12.3 Å². The molecule has 5 heteroatoms. The molecule has 0 atom stereocenters. The van der Waals surface area contributed by atoms with Gasteiger partial charge in [-0.05, 0) is 18.6 Å². The van der Waals surface area contributed by atoms with Gasteiger partial charge in [-0.3, -0.25) is 9.59 Å². The largest absolute Gasteiger partial charge is 0.480 e. The van der Waals surface area contributed by atoms with Gasteiger partial charge in [0, 0.05) is 19.2 Å². The van der Waals surface area contributed by atoms with Crippen LogP contribution in [0.2, 0.25) is 0 Å². The van der Waals surface area contributed by atoms with Crippen LogP contribution in [-0.4, -0.2) is 28.1 Å². The summed E-state index contributed by atoms with van der Waals surface area (Å²) in [6, 6.07) is 3.22. The van der Waals surface area contributed by atoms with Crippen LogP contribution in [0.25, 0.3) is 0 Å². The molecule has 1 aromatic rings. The van der Waals surface area contributed by atoms with E-state index < -0.39 is 5.97 Å². The Morgan fingerprint density at radius 3 is 2.94 bits per heavy atom. The molecule has 0 aliphatic rings. The van der Waals surface area contributed by atoms with Crippen molar-refractivity contribution in [3.05, 3.63) is 24.0 Å². The van der Waals surface area contributed by atoms with Crippen LogP contribution >= 0.6 is 0 Å². The van der Waals surface area contributed by atoms with Crippen molar-refractivity contribution in [1.82, 2.24) is 9.88 Å². The molecule has 5 nitrogen and oxygen atoms in total. The van der Waals surface area contributed by atoms with Crippen molar-refractivity contribution in [1.29, 1.82) is 0 Å². The maximum Gasteiger partial charge on any atom is 0.323 e. The fourth-order valence-electron chi connectivity index (χ4n) is 1.39. The zero-order valence-electron chi connectivity index (χ0n) is 9.35. The van der Waals surface area contributed by atoms with Gasteiger partial charge in [0.15, 0.2) is 0 Å². The molecular formula is C12H14N2O3. The molecule has 0 aliphatic heterocycles. The molecule has 1 heterocycles. The van der Waals surface area contributed by atoms with Crippen molar-refractivity contribution in [2.45, 2.75) is 19.4 Å². The van der Waals surface area contributed by atoms with Crippen LogP contribution in [-0.2, 0) is 11.3 Å². The van der Waals surface area contributed by atoms with E-state index in [-0.39, 0.29) is 12.5 Å². The number of hydrogen-bond acceptors (Lipinski definition) is 2. The molecule has 1 aromatic heterocycles. The zero-order chi connectivity index (χ0) is 12.7. The smallest absolute Gasteiger partial charge is 0.323 e. The number of aromatic nitrogens is 1. The minimum absolute atomic E-state index is 0.222. The van der Waals surface area contributed by atoms with Gasteiger partial charge in [-0.1, -0.05) is 0 Å². The van der Waals surface area contributed by atoms with Gasteiger partial charge in [0.2, 0.25) is 0 Å². The lowest BCUT2D eigenvalue weighted by Crippen LogP contribution is -2.27.